The maximum Gasteiger partial charge on any atom is 0.245 e. The monoisotopic (exact) mass is 315 g/mol. The van der Waals surface area contributed by atoms with Gasteiger partial charge in [-0.3, -0.25) is 4.79 Å². The van der Waals surface area contributed by atoms with Crippen LogP contribution >= 0.6 is 0 Å². The molecule has 0 radical (unpaired) electrons. The van der Waals surface area contributed by atoms with Crippen molar-refractivity contribution in [2.24, 2.45) is 0 Å². The van der Waals surface area contributed by atoms with Gasteiger partial charge in [0, 0.05) is 25.5 Å². The first-order valence-electron chi connectivity index (χ1n) is 7.64. The lowest BCUT2D eigenvalue weighted by Crippen LogP contribution is -2.39. The number of hydrogen-bond donors (Lipinski definition) is 0. The van der Waals surface area contributed by atoms with Crippen LogP contribution in [0.5, 0.6) is 11.5 Å². The summed E-state index contributed by atoms with van der Waals surface area (Å²) in [4.78, 5) is 18.6. The first-order valence-corrected chi connectivity index (χ1v) is 7.64. The van der Waals surface area contributed by atoms with Gasteiger partial charge in [-0.05, 0) is 36.6 Å². The van der Waals surface area contributed by atoms with E-state index in [1.165, 1.54) is 5.56 Å². The molecule has 1 aliphatic heterocycles. The molecule has 0 bridgehead atoms. The first-order chi connectivity index (χ1) is 11.1. The van der Waals surface area contributed by atoms with Crippen molar-refractivity contribution in [2.75, 3.05) is 20.8 Å². The molecule has 2 aromatic rings. The number of amides is 1. The van der Waals surface area contributed by atoms with Crippen molar-refractivity contribution in [3.05, 3.63) is 42.0 Å². The van der Waals surface area contributed by atoms with Crippen molar-refractivity contribution in [3.8, 4) is 11.5 Å². The molecule has 1 aliphatic rings. The van der Waals surface area contributed by atoms with Crippen LogP contribution in [-0.4, -0.2) is 41.1 Å². The zero-order valence-electron chi connectivity index (χ0n) is 13.7. The Morgan fingerprint density at radius 3 is 2.52 bits per heavy atom. The van der Waals surface area contributed by atoms with Crippen LogP contribution < -0.4 is 9.47 Å². The van der Waals surface area contributed by atoms with Crippen LogP contribution in [0, 0.1) is 0 Å². The minimum absolute atomic E-state index is 0.100. The smallest absolute Gasteiger partial charge is 0.245 e. The molecular weight excluding hydrogens is 294 g/mol. The van der Waals surface area contributed by atoms with E-state index in [4.69, 9.17) is 9.47 Å². The molecule has 0 spiro atoms. The van der Waals surface area contributed by atoms with Crippen LogP contribution in [0.3, 0.4) is 0 Å². The highest BCUT2D eigenvalue weighted by molar-refractivity contribution is 5.80. The normalized spacial score (nSPS) is 15.0. The fraction of sp³-hybridized carbons (Fsp3) is 0.412. The van der Waals surface area contributed by atoms with Crippen molar-refractivity contribution in [3.63, 3.8) is 0 Å². The third-order valence-corrected chi connectivity index (χ3v) is 4.36. The average molecular weight is 315 g/mol. The minimum Gasteiger partial charge on any atom is -0.493 e. The van der Waals surface area contributed by atoms with Gasteiger partial charge in [-0.2, -0.15) is 0 Å². The number of ether oxygens (including phenoxy) is 2. The summed E-state index contributed by atoms with van der Waals surface area (Å²) in [5.74, 6) is 1.53. The summed E-state index contributed by atoms with van der Waals surface area (Å²) in [6.07, 6.45) is 5.99. The molecule has 0 saturated heterocycles. The van der Waals surface area contributed by atoms with Crippen LogP contribution in [0.25, 0.3) is 0 Å². The number of nitrogens with zero attached hydrogens (tertiary/aromatic N) is 3. The number of aromatic nitrogens is 2. The SMILES string of the molecule is COc1cc2c(cc1OC)CN(C(=O)[C@@H](C)n1ccnc1)CC2. The molecule has 0 saturated carbocycles. The van der Waals surface area contributed by atoms with Crippen molar-refractivity contribution < 1.29 is 14.3 Å². The molecule has 0 unspecified atom stereocenters. The van der Waals surface area contributed by atoms with E-state index in [9.17, 15) is 4.79 Å². The second-order valence-electron chi connectivity index (χ2n) is 5.67. The molecule has 1 amide bonds. The van der Waals surface area contributed by atoms with Gasteiger partial charge in [0.1, 0.15) is 6.04 Å². The van der Waals surface area contributed by atoms with Crippen LogP contribution in [0.1, 0.15) is 24.1 Å². The van der Waals surface area contributed by atoms with Crippen molar-refractivity contribution in [2.45, 2.75) is 25.9 Å². The third kappa shape index (κ3) is 2.88. The Hall–Kier alpha value is -2.50. The lowest BCUT2D eigenvalue weighted by Gasteiger charge is -2.31. The molecule has 122 valence electrons. The maximum absolute atomic E-state index is 12.7. The van der Waals surface area contributed by atoms with Crippen molar-refractivity contribution in [1.29, 1.82) is 0 Å². The molecule has 1 atom stereocenters. The largest absolute Gasteiger partial charge is 0.493 e. The molecule has 0 fully saturated rings. The zero-order valence-corrected chi connectivity index (χ0v) is 13.7. The highest BCUT2D eigenvalue weighted by atomic mass is 16.5. The van der Waals surface area contributed by atoms with E-state index < -0.39 is 0 Å². The van der Waals surface area contributed by atoms with E-state index in [0.29, 0.717) is 18.8 Å². The quantitative estimate of drug-likeness (QED) is 0.866. The van der Waals surface area contributed by atoms with Gasteiger partial charge < -0.3 is 18.9 Å². The van der Waals surface area contributed by atoms with Crippen LogP contribution in [0.15, 0.2) is 30.9 Å². The maximum atomic E-state index is 12.7. The van der Waals surface area contributed by atoms with Gasteiger partial charge in [-0.15, -0.1) is 0 Å². The summed E-state index contributed by atoms with van der Waals surface area (Å²) >= 11 is 0. The van der Waals surface area contributed by atoms with Gasteiger partial charge in [-0.1, -0.05) is 0 Å². The number of hydrogen-bond acceptors (Lipinski definition) is 4. The second kappa shape index (κ2) is 6.32. The molecule has 3 rings (SSSR count). The van der Waals surface area contributed by atoms with E-state index in [-0.39, 0.29) is 11.9 Å². The summed E-state index contributed by atoms with van der Waals surface area (Å²) < 4.78 is 12.5. The standard InChI is InChI=1S/C17H21N3O3/c1-12(20-7-5-18-11-20)17(21)19-6-4-13-8-15(22-2)16(23-3)9-14(13)10-19/h5,7-9,11-12H,4,6,10H2,1-3H3/t12-/m1/s1. The number of imidazole rings is 1. The van der Waals surface area contributed by atoms with E-state index >= 15 is 0 Å². The molecule has 1 aromatic carbocycles. The minimum atomic E-state index is -0.251. The van der Waals surface area contributed by atoms with Gasteiger partial charge in [0.2, 0.25) is 5.91 Å². The highest BCUT2D eigenvalue weighted by Crippen LogP contribution is 2.33. The summed E-state index contributed by atoms with van der Waals surface area (Å²) in [6.45, 7) is 3.20. The molecule has 23 heavy (non-hydrogen) atoms. The summed E-state index contributed by atoms with van der Waals surface area (Å²) in [7, 11) is 3.26. The number of benzene rings is 1. The Bertz CT molecular complexity index is 697. The van der Waals surface area contributed by atoms with Crippen molar-refractivity contribution >= 4 is 5.91 Å². The number of methoxy groups -OCH3 is 2. The molecule has 2 heterocycles. The van der Waals surface area contributed by atoms with E-state index in [2.05, 4.69) is 4.98 Å². The summed E-state index contributed by atoms with van der Waals surface area (Å²) in [5.41, 5.74) is 2.32. The van der Waals surface area contributed by atoms with Gasteiger partial charge in [0.05, 0.1) is 20.5 Å². The Morgan fingerprint density at radius 2 is 1.91 bits per heavy atom. The van der Waals surface area contributed by atoms with Crippen molar-refractivity contribution in [1.82, 2.24) is 14.5 Å². The molecule has 0 N–H and O–H groups in total. The Kier molecular flexibility index (Phi) is 4.23. The Morgan fingerprint density at radius 1 is 1.22 bits per heavy atom. The predicted octanol–water partition coefficient (Wildman–Crippen LogP) is 2.05. The van der Waals surface area contributed by atoms with Gasteiger partial charge in [0.25, 0.3) is 0 Å². The molecule has 6 heteroatoms. The molecule has 6 nitrogen and oxygen atoms in total. The topological polar surface area (TPSA) is 56.6 Å². The zero-order chi connectivity index (χ0) is 16.4. The van der Waals surface area contributed by atoms with Crippen LogP contribution in [0.4, 0.5) is 0 Å². The van der Waals surface area contributed by atoms with E-state index in [1.807, 2.05) is 34.7 Å². The van der Waals surface area contributed by atoms with Gasteiger partial charge in [0.15, 0.2) is 11.5 Å². The lowest BCUT2D eigenvalue weighted by molar-refractivity contribution is -0.135. The van der Waals surface area contributed by atoms with Gasteiger partial charge in [-0.25, -0.2) is 4.98 Å². The average Bonchev–Trinajstić information content (AvgIpc) is 3.13. The third-order valence-electron chi connectivity index (χ3n) is 4.36. The number of carbonyl (C=O) groups is 1. The summed E-state index contributed by atoms with van der Waals surface area (Å²) in [5, 5.41) is 0. The number of rotatable bonds is 4. The molecular formula is C17H21N3O3. The van der Waals surface area contributed by atoms with Crippen LogP contribution in [-0.2, 0) is 17.8 Å². The number of carbonyl (C=O) groups excluding carboxylic acids is 1. The second-order valence-corrected chi connectivity index (χ2v) is 5.67. The molecule has 0 aliphatic carbocycles. The van der Waals surface area contributed by atoms with Gasteiger partial charge >= 0.3 is 0 Å². The Balaban J connectivity index is 1.81. The van der Waals surface area contributed by atoms with Crippen LogP contribution in [0.2, 0.25) is 0 Å². The van der Waals surface area contributed by atoms with E-state index in [0.717, 1.165) is 17.7 Å². The fourth-order valence-corrected chi connectivity index (χ4v) is 2.96. The summed E-state index contributed by atoms with van der Waals surface area (Å²) in [6, 6.07) is 3.73. The van der Waals surface area contributed by atoms with E-state index in [1.54, 1.807) is 26.7 Å². The fourth-order valence-electron chi connectivity index (χ4n) is 2.96. The molecule has 1 aromatic heterocycles. The number of fused-ring (bicyclic) bond motifs is 1. The highest BCUT2D eigenvalue weighted by Gasteiger charge is 2.26. The predicted molar refractivity (Wildman–Crippen MR) is 85.6 cm³/mol. The first kappa shape index (κ1) is 15.4. The lowest BCUT2D eigenvalue weighted by atomic mass is 9.98. The Labute approximate surface area is 135 Å².